The van der Waals surface area contributed by atoms with E-state index in [1.165, 1.54) is 59.6 Å². The molecule has 2 amide bonds. The number of halogens is 1. The number of hydrogen-bond acceptors (Lipinski definition) is 6. The molecule has 0 fully saturated rings. The molecule has 0 radical (unpaired) electrons. The van der Waals surface area contributed by atoms with Crippen LogP contribution in [-0.4, -0.2) is 53.3 Å². The maximum absolute atomic E-state index is 13.3. The fourth-order valence-electron chi connectivity index (χ4n) is 3.29. The zero-order chi connectivity index (χ0) is 24.5. The van der Waals surface area contributed by atoms with E-state index >= 15 is 0 Å². The second-order valence-electron chi connectivity index (χ2n) is 7.48. The van der Waals surface area contributed by atoms with Crippen molar-refractivity contribution in [1.29, 1.82) is 0 Å². The van der Waals surface area contributed by atoms with Gasteiger partial charge in [0.2, 0.25) is 5.91 Å². The minimum atomic E-state index is -0.588. The summed E-state index contributed by atoms with van der Waals surface area (Å²) in [6, 6.07) is 14.5. The number of rotatable bonds is 11. The van der Waals surface area contributed by atoms with Crippen molar-refractivity contribution in [2.24, 2.45) is 0 Å². The Labute approximate surface area is 195 Å². The van der Waals surface area contributed by atoms with E-state index in [1.807, 2.05) is 0 Å². The van der Waals surface area contributed by atoms with Crippen LogP contribution in [0.4, 0.5) is 10.1 Å². The van der Waals surface area contributed by atoms with Crippen molar-refractivity contribution in [1.82, 2.24) is 9.80 Å². The minimum absolute atomic E-state index is 0.0919. The first-order chi connectivity index (χ1) is 16.4. The summed E-state index contributed by atoms with van der Waals surface area (Å²) in [6.45, 7) is 0.307. The van der Waals surface area contributed by atoms with Crippen LogP contribution < -0.4 is 0 Å². The van der Waals surface area contributed by atoms with Crippen molar-refractivity contribution in [2.45, 2.75) is 13.1 Å². The number of hydrogen-bond donors (Lipinski definition) is 0. The predicted molar refractivity (Wildman–Crippen MR) is 120 cm³/mol. The van der Waals surface area contributed by atoms with Crippen LogP contribution in [0.1, 0.15) is 21.7 Å². The third-order valence-corrected chi connectivity index (χ3v) is 5.05. The number of nitrogens with zero attached hydrogens (tertiary/aromatic N) is 3. The summed E-state index contributed by atoms with van der Waals surface area (Å²) in [5.41, 5.74) is 0.573. The van der Waals surface area contributed by atoms with Gasteiger partial charge in [-0.3, -0.25) is 19.7 Å². The number of amides is 2. The van der Waals surface area contributed by atoms with E-state index in [4.69, 9.17) is 9.15 Å². The zero-order valence-corrected chi connectivity index (χ0v) is 18.6. The van der Waals surface area contributed by atoms with Gasteiger partial charge in [0.1, 0.15) is 18.1 Å². The molecule has 0 saturated heterocycles. The summed E-state index contributed by atoms with van der Waals surface area (Å²) in [5.74, 6) is -0.755. The SMILES string of the molecule is COCCN(CC(=O)N(Cc1ccc(F)cc1)Cc1ccco1)C(=O)c1cccc([N+](=O)[O-])c1. The standard InChI is InChI=1S/C24H24FN3O6/c1-33-13-11-26(24(30)19-4-2-5-21(14-19)28(31)32)17-23(29)27(16-22-6-3-12-34-22)15-18-7-9-20(25)10-8-18/h2-10,12,14H,11,13,15-17H2,1H3. The smallest absolute Gasteiger partial charge is 0.270 e. The maximum Gasteiger partial charge on any atom is 0.270 e. The first kappa shape index (κ1) is 24.6. The molecule has 178 valence electrons. The van der Waals surface area contributed by atoms with E-state index in [0.29, 0.717) is 11.3 Å². The lowest BCUT2D eigenvalue weighted by atomic mass is 10.1. The van der Waals surface area contributed by atoms with Gasteiger partial charge >= 0.3 is 0 Å². The molecule has 3 rings (SSSR count). The van der Waals surface area contributed by atoms with Crippen LogP contribution >= 0.6 is 0 Å². The molecule has 2 aromatic carbocycles. The fraction of sp³-hybridized carbons (Fsp3) is 0.250. The number of furan rings is 1. The van der Waals surface area contributed by atoms with Crippen molar-refractivity contribution >= 4 is 17.5 Å². The van der Waals surface area contributed by atoms with Crippen LogP contribution in [0, 0.1) is 15.9 Å². The largest absolute Gasteiger partial charge is 0.467 e. The van der Waals surface area contributed by atoms with Crippen LogP contribution in [0.25, 0.3) is 0 Å². The number of nitro benzene ring substituents is 1. The zero-order valence-electron chi connectivity index (χ0n) is 18.6. The molecule has 0 aliphatic rings. The Morgan fingerprint density at radius 3 is 2.47 bits per heavy atom. The summed E-state index contributed by atoms with van der Waals surface area (Å²) in [6.07, 6.45) is 1.49. The highest BCUT2D eigenvalue weighted by molar-refractivity contribution is 5.97. The monoisotopic (exact) mass is 469 g/mol. The van der Waals surface area contributed by atoms with Crippen LogP contribution in [0.3, 0.4) is 0 Å². The highest BCUT2D eigenvalue weighted by Gasteiger charge is 2.24. The summed E-state index contributed by atoms with van der Waals surface area (Å²) in [4.78, 5) is 39.7. The van der Waals surface area contributed by atoms with E-state index in [0.717, 1.165) is 0 Å². The van der Waals surface area contributed by atoms with Crippen molar-refractivity contribution < 1.29 is 28.1 Å². The summed E-state index contributed by atoms with van der Waals surface area (Å²) in [7, 11) is 1.47. The van der Waals surface area contributed by atoms with Crippen molar-refractivity contribution in [2.75, 3.05) is 26.8 Å². The van der Waals surface area contributed by atoms with Gasteiger partial charge in [-0.2, -0.15) is 0 Å². The van der Waals surface area contributed by atoms with E-state index in [1.54, 1.807) is 24.3 Å². The Balaban J connectivity index is 1.81. The van der Waals surface area contributed by atoms with E-state index in [-0.39, 0.29) is 55.8 Å². The van der Waals surface area contributed by atoms with Crippen LogP contribution in [0.15, 0.2) is 71.3 Å². The molecule has 0 unspecified atom stereocenters. The molecule has 3 aromatic rings. The molecular weight excluding hydrogens is 445 g/mol. The third kappa shape index (κ3) is 6.72. The molecule has 34 heavy (non-hydrogen) atoms. The molecule has 10 heteroatoms. The third-order valence-electron chi connectivity index (χ3n) is 5.05. The normalized spacial score (nSPS) is 10.6. The van der Waals surface area contributed by atoms with Gasteiger partial charge in [-0.05, 0) is 35.9 Å². The number of nitro groups is 1. The van der Waals surface area contributed by atoms with E-state index < -0.39 is 10.8 Å². The van der Waals surface area contributed by atoms with Crippen molar-refractivity contribution in [3.63, 3.8) is 0 Å². The van der Waals surface area contributed by atoms with Gasteiger partial charge in [-0.15, -0.1) is 0 Å². The van der Waals surface area contributed by atoms with Gasteiger partial charge in [0, 0.05) is 37.9 Å². The lowest BCUT2D eigenvalue weighted by Gasteiger charge is -2.27. The number of carbonyl (C=O) groups excluding carboxylic acids is 2. The molecular formula is C24H24FN3O6. The second kappa shape index (κ2) is 11.7. The molecule has 0 atom stereocenters. The van der Waals surface area contributed by atoms with Gasteiger partial charge in [0.15, 0.2) is 0 Å². The lowest BCUT2D eigenvalue weighted by molar-refractivity contribution is -0.384. The maximum atomic E-state index is 13.3. The number of benzene rings is 2. The molecule has 0 saturated carbocycles. The molecule has 0 aliphatic heterocycles. The molecule has 1 aromatic heterocycles. The predicted octanol–water partition coefficient (Wildman–Crippen LogP) is 3.64. The average Bonchev–Trinajstić information content (AvgIpc) is 3.35. The molecule has 0 bridgehead atoms. The highest BCUT2D eigenvalue weighted by Crippen LogP contribution is 2.16. The number of non-ortho nitro benzene ring substituents is 1. The first-order valence-corrected chi connectivity index (χ1v) is 10.4. The number of carbonyl (C=O) groups is 2. The molecule has 0 spiro atoms. The van der Waals surface area contributed by atoms with Crippen LogP contribution in [0.2, 0.25) is 0 Å². The molecule has 9 nitrogen and oxygen atoms in total. The van der Waals surface area contributed by atoms with E-state index in [2.05, 4.69) is 0 Å². The van der Waals surface area contributed by atoms with Crippen molar-refractivity contribution in [3.8, 4) is 0 Å². The van der Waals surface area contributed by atoms with Gasteiger partial charge < -0.3 is 19.0 Å². The van der Waals surface area contributed by atoms with E-state index in [9.17, 15) is 24.1 Å². The molecule has 0 N–H and O–H groups in total. The van der Waals surface area contributed by atoms with Gasteiger partial charge in [0.05, 0.1) is 24.3 Å². The first-order valence-electron chi connectivity index (χ1n) is 10.4. The van der Waals surface area contributed by atoms with Crippen molar-refractivity contribution in [3.05, 3.63) is 99.7 Å². The summed E-state index contributed by atoms with van der Waals surface area (Å²) in [5, 5.41) is 11.1. The second-order valence-corrected chi connectivity index (χ2v) is 7.48. The topological polar surface area (TPSA) is 106 Å². The number of ether oxygens (including phenoxy) is 1. The Hall–Kier alpha value is -4.05. The fourth-order valence-corrected chi connectivity index (χ4v) is 3.29. The Morgan fingerprint density at radius 1 is 1.06 bits per heavy atom. The Kier molecular flexibility index (Phi) is 8.47. The van der Waals surface area contributed by atoms with Gasteiger partial charge in [0.25, 0.3) is 11.6 Å². The summed E-state index contributed by atoms with van der Waals surface area (Å²) >= 11 is 0. The Bertz CT molecular complexity index is 1120. The minimum Gasteiger partial charge on any atom is -0.467 e. The molecule has 1 heterocycles. The van der Waals surface area contributed by atoms with Crippen LogP contribution in [0.5, 0.6) is 0 Å². The van der Waals surface area contributed by atoms with Gasteiger partial charge in [-0.25, -0.2) is 4.39 Å². The molecule has 0 aliphatic carbocycles. The average molecular weight is 469 g/mol. The summed E-state index contributed by atoms with van der Waals surface area (Å²) < 4.78 is 23.8. The Morgan fingerprint density at radius 2 is 1.82 bits per heavy atom. The lowest BCUT2D eigenvalue weighted by Crippen LogP contribution is -2.43. The highest BCUT2D eigenvalue weighted by atomic mass is 19.1. The quantitative estimate of drug-likeness (QED) is 0.314. The number of methoxy groups -OCH3 is 1. The van der Waals surface area contributed by atoms with Crippen LogP contribution in [-0.2, 0) is 22.6 Å². The van der Waals surface area contributed by atoms with Gasteiger partial charge in [-0.1, -0.05) is 18.2 Å².